The van der Waals surface area contributed by atoms with E-state index in [0.29, 0.717) is 23.7 Å². The third-order valence-corrected chi connectivity index (χ3v) is 3.85. The number of nitrogens with zero attached hydrogens (tertiary/aromatic N) is 2. The summed E-state index contributed by atoms with van der Waals surface area (Å²) in [6, 6.07) is 15.6. The van der Waals surface area contributed by atoms with Crippen molar-refractivity contribution in [3.8, 4) is 23.0 Å². The van der Waals surface area contributed by atoms with Gasteiger partial charge >= 0.3 is 6.01 Å². The van der Waals surface area contributed by atoms with Gasteiger partial charge in [0, 0.05) is 30.8 Å². The lowest BCUT2D eigenvalue weighted by molar-refractivity contribution is -0.114. The van der Waals surface area contributed by atoms with E-state index in [4.69, 9.17) is 0 Å². The van der Waals surface area contributed by atoms with E-state index in [0.717, 1.165) is 17.5 Å². The molecule has 0 spiro atoms. The first-order chi connectivity index (χ1) is 13.0. The maximum Gasteiger partial charge on any atom is 0.316 e. The zero-order valence-electron chi connectivity index (χ0n) is 14.8. The number of rotatable bonds is 6. The number of aromatic nitrogens is 2. The van der Waals surface area contributed by atoms with Gasteiger partial charge in [-0.05, 0) is 36.2 Å². The summed E-state index contributed by atoms with van der Waals surface area (Å²) in [5.41, 5.74) is 3.02. The van der Waals surface area contributed by atoms with Crippen LogP contribution >= 0.6 is 0 Å². The molecule has 0 bridgehead atoms. The molecule has 4 N–H and O–H groups in total. The van der Waals surface area contributed by atoms with Crippen LogP contribution in [0.5, 0.6) is 11.8 Å². The van der Waals surface area contributed by atoms with Gasteiger partial charge in [0.15, 0.2) is 0 Å². The Morgan fingerprint density at radius 3 is 2.56 bits per heavy atom. The van der Waals surface area contributed by atoms with Crippen LogP contribution in [0.2, 0.25) is 0 Å². The average Bonchev–Trinajstić information content (AvgIpc) is 2.63. The van der Waals surface area contributed by atoms with E-state index in [1.165, 1.54) is 6.92 Å². The highest BCUT2D eigenvalue weighted by molar-refractivity contribution is 5.89. The first-order valence-electron chi connectivity index (χ1n) is 8.47. The van der Waals surface area contributed by atoms with Crippen molar-refractivity contribution in [2.45, 2.75) is 13.3 Å². The number of carbonyl (C=O) groups is 1. The number of hydrogen-bond donors (Lipinski definition) is 4. The molecule has 0 saturated heterocycles. The lowest BCUT2D eigenvalue weighted by atomic mass is 10.1. The lowest BCUT2D eigenvalue weighted by Gasteiger charge is -2.09. The molecular weight excluding hydrogens is 344 g/mol. The summed E-state index contributed by atoms with van der Waals surface area (Å²) in [5, 5.41) is 25.1. The Kier molecular flexibility index (Phi) is 5.51. The number of hydrogen-bond acceptors (Lipinski definition) is 6. The molecule has 3 rings (SSSR count). The van der Waals surface area contributed by atoms with Crippen LogP contribution in [0.1, 0.15) is 12.5 Å². The van der Waals surface area contributed by atoms with E-state index >= 15 is 0 Å². The van der Waals surface area contributed by atoms with Crippen molar-refractivity contribution in [1.82, 2.24) is 9.97 Å². The highest BCUT2D eigenvalue weighted by atomic mass is 16.3. The lowest BCUT2D eigenvalue weighted by Crippen LogP contribution is -2.07. The molecule has 0 aliphatic carbocycles. The highest BCUT2D eigenvalue weighted by Gasteiger charge is 2.07. The van der Waals surface area contributed by atoms with E-state index in [1.54, 1.807) is 36.4 Å². The Bertz CT molecular complexity index is 942. The quantitative estimate of drug-likeness (QED) is 0.535. The molecule has 0 radical (unpaired) electrons. The second kappa shape index (κ2) is 8.18. The molecule has 0 unspecified atom stereocenters. The average molecular weight is 364 g/mol. The van der Waals surface area contributed by atoms with E-state index in [2.05, 4.69) is 20.6 Å². The standard InChI is InChI=1S/C20H20N4O3/c1-13(25)22-16-4-2-3-15(11-16)18-12-19(24-20(27)23-18)21-10-9-14-5-7-17(26)8-6-14/h2-8,11-12,26H,9-10H2,1H3,(H,22,25)(H2,21,23,24,27). The molecule has 3 aromatic rings. The number of aromatic hydroxyl groups is 2. The first-order valence-corrected chi connectivity index (χ1v) is 8.47. The van der Waals surface area contributed by atoms with Gasteiger partial charge in [-0.25, -0.2) is 0 Å². The van der Waals surface area contributed by atoms with Crippen LogP contribution < -0.4 is 10.6 Å². The number of nitrogens with one attached hydrogen (secondary N) is 2. The summed E-state index contributed by atoms with van der Waals surface area (Å²) >= 11 is 0. The zero-order chi connectivity index (χ0) is 19.2. The minimum absolute atomic E-state index is 0.158. The molecular formula is C20H20N4O3. The number of benzene rings is 2. The predicted octanol–water partition coefficient (Wildman–Crippen LogP) is 3.17. The fourth-order valence-corrected chi connectivity index (χ4v) is 2.63. The Hall–Kier alpha value is -3.61. The molecule has 0 fully saturated rings. The van der Waals surface area contributed by atoms with Crippen molar-refractivity contribution < 1.29 is 15.0 Å². The van der Waals surface area contributed by atoms with Crippen molar-refractivity contribution in [3.63, 3.8) is 0 Å². The number of anilines is 2. The van der Waals surface area contributed by atoms with E-state index in [-0.39, 0.29) is 17.7 Å². The van der Waals surface area contributed by atoms with E-state index in [9.17, 15) is 15.0 Å². The van der Waals surface area contributed by atoms with Crippen LogP contribution in [0, 0.1) is 0 Å². The summed E-state index contributed by atoms with van der Waals surface area (Å²) in [6.07, 6.45) is 0.735. The SMILES string of the molecule is CC(=O)Nc1cccc(-c2cc(NCCc3ccc(O)cc3)nc(O)n2)c1. The minimum atomic E-state index is -0.329. The smallest absolute Gasteiger partial charge is 0.316 e. The van der Waals surface area contributed by atoms with Crippen molar-refractivity contribution in [1.29, 1.82) is 0 Å². The second-order valence-corrected chi connectivity index (χ2v) is 6.04. The molecule has 0 atom stereocenters. The summed E-state index contributed by atoms with van der Waals surface area (Å²) in [4.78, 5) is 19.3. The van der Waals surface area contributed by atoms with Gasteiger partial charge in [-0.3, -0.25) is 4.79 Å². The van der Waals surface area contributed by atoms with E-state index in [1.807, 2.05) is 18.2 Å². The maximum atomic E-state index is 11.2. The van der Waals surface area contributed by atoms with Crippen LogP contribution in [0.4, 0.5) is 11.5 Å². The maximum absolute atomic E-state index is 11.2. The fraction of sp³-hybridized carbons (Fsp3) is 0.150. The molecule has 0 saturated carbocycles. The Labute approximate surface area is 156 Å². The predicted molar refractivity (Wildman–Crippen MR) is 104 cm³/mol. The number of amides is 1. The number of phenols is 1. The van der Waals surface area contributed by atoms with Crippen molar-refractivity contribution >= 4 is 17.4 Å². The fourth-order valence-electron chi connectivity index (χ4n) is 2.63. The van der Waals surface area contributed by atoms with Gasteiger partial charge in [-0.2, -0.15) is 9.97 Å². The molecule has 1 amide bonds. The summed E-state index contributed by atoms with van der Waals surface area (Å²) < 4.78 is 0. The van der Waals surface area contributed by atoms with Crippen LogP contribution in [0.15, 0.2) is 54.6 Å². The molecule has 27 heavy (non-hydrogen) atoms. The molecule has 138 valence electrons. The third-order valence-electron chi connectivity index (χ3n) is 3.85. The van der Waals surface area contributed by atoms with Gasteiger partial charge in [0.05, 0.1) is 5.69 Å². The van der Waals surface area contributed by atoms with E-state index < -0.39 is 0 Å². The topological polar surface area (TPSA) is 107 Å². The van der Waals surface area contributed by atoms with Crippen LogP contribution in [0.25, 0.3) is 11.3 Å². The van der Waals surface area contributed by atoms with Crippen molar-refractivity contribution in [3.05, 3.63) is 60.2 Å². The van der Waals surface area contributed by atoms with Gasteiger partial charge in [-0.1, -0.05) is 24.3 Å². The molecule has 1 aromatic heterocycles. The molecule has 7 heteroatoms. The summed E-state index contributed by atoms with van der Waals surface area (Å²) in [5.74, 6) is 0.578. The molecule has 1 heterocycles. The van der Waals surface area contributed by atoms with Crippen LogP contribution in [-0.4, -0.2) is 32.6 Å². The number of phenolic OH excluding ortho intramolecular Hbond substituents is 1. The van der Waals surface area contributed by atoms with Crippen LogP contribution in [0.3, 0.4) is 0 Å². The zero-order valence-corrected chi connectivity index (χ0v) is 14.8. The minimum Gasteiger partial charge on any atom is -0.508 e. The van der Waals surface area contributed by atoms with Gasteiger partial charge in [-0.15, -0.1) is 0 Å². The molecule has 0 aliphatic rings. The largest absolute Gasteiger partial charge is 0.508 e. The van der Waals surface area contributed by atoms with Crippen molar-refractivity contribution in [2.75, 3.05) is 17.2 Å². The first kappa shape index (κ1) is 18.2. The van der Waals surface area contributed by atoms with Gasteiger partial charge in [0.2, 0.25) is 5.91 Å². The summed E-state index contributed by atoms with van der Waals surface area (Å²) in [7, 11) is 0. The molecule has 0 aliphatic heterocycles. The third kappa shape index (κ3) is 5.18. The Balaban J connectivity index is 1.72. The Morgan fingerprint density at radius 1 is 1.04 bits per heavy atom. The summed E-state index contributed by atoms with van der Waals surface area (Å²) in [6.45, 7) is 2.05. The molecule has 2 aromatic carbocycles. The molecule has 7 nitrogen and oxygen atoms in total. The van der Waals surface area contributed by atoms with Crippen LogP contribution in [-0.2, 0) is 11.2 Å². The second-order valence-electron chi connectivity index (χ2n) is 6.04. The van der Waals surface area contributed by atoms with Crippen molar-refractivity contribution in [2.24, 2.45) is 0 Å². The number of carbonyl (C=O) groups excluding carboxylic acids is 1. The van der Waals surface area contributed by atoms with Gasteiger partial charge in [0.1, 0.15) is 11.6 Å². The Morgan fingerprint density at radius 2 is 1.81 bits per heavy atom. The normalized spacial score (nSPS) is 10.4. The highest BCUT2D eigenvalue weighted by Crippen LogP contribution is 2.24. The monoisotopic (exact) mass is 364 g/mol. The van der Waals surface area contributed by atoms with Gasteiger partial charge < -0.3 is 20.8 Å². The van der Waals surface area contributed by atoms with Gasteiger partial charge in [0.25, 0.3) is 0 Å².